The van der Waals surface area contributed by atoms with Crippen molar-refractivity contribution in [2.75, 3.05) is 0 Å². The van der Waals surface area contributed by atoms with Gasteiger partial charge in [0.2, 0.25) is 0 Å². The molecule has 0 unspecified atom stereocenters. The molecule has 0 heterocycles. The third kappa shape index (κ3) is 44.5. The van der Waals surface area contributed by atoms with Crippen molar-refractivity contribution in [3.05, 3.63) is 0 Å². The Morgan fingerprint density at radius 3 is 0.800 bits per heavy atom. The maximum Gasteiger partial charge on any atom is 3.00 e. The molecule has 0 bridgehead atoms. The first kappa shape index (κ1) is 148. The minimum atomic E-state index is 0. The van der Waals surface area contributed by atoms with Crippen LogP contribution in [-0.4, -0.2) is 33.8 Å². The molecule has 0 atom stereocenters. The van der Waals surface area contributed by atoms with Gasteiger partial charge in [-0.05, 0) is 0 Å². The molecule has 0 rings (SSSR count). The molecule has 5 heavy (non-hydrogen) atoms. The first-order chi connectivity index (χ1) is 0. The summed E-state index contributed by atoms with van der Waals surface area (Å²) in [6.45, 7) is 0. The summed E-state index contributed by atoms with van der Waals surface area (Å²) >= 11 is 0. The van der Waals surface area contributed by atoms with E-state index in [1.165, 1.54) is 0 Å². The summed E-state index contributed by atoms with van der Waals surface area (Å²) in [7, 11) is 0. The van der Waals surface area contributed by atoms with E-state index in [-0.39, 0.29) is 54.1 Å². The normalized spacial score (nSPS) is 0. The van der Waals surface area contributed by atoms with Gasteiger partial charge in [-0.25, -0.2) is 0 Å². The zero-order chi connectivity index (χ0) is 0. The number of hydrogen-bond acceptors (Lipinski definition) is 3. The summed E-state index contributed by atoms with van der Waals surface area (Å²) in [4.78, 5) is 0. The second-order valence-corrected chi connectivity index (χ2v) is 0. The second-order valence-electron chi connectivity index (χ2n) is 0. The van der Waals surface area contributed by atoms with Crippen LogP contribution in [0, 0.1) is 0 Å². The Balaban J connectivity index is 0. The molecule has 0 amide bonds. The zero-order valence-corrected chi connectivity index (χ0v) is 4.07. The van der Waals surface area contributed by atoms with Crippen LogP contribution in [-0.2, 0) is 0 Å². The number of rotatable bonds is 0. The quantitative estimate of drug-likeness (QED) is 0.283. The van der Waals surface area contributed by atoms with Gasteiger partial charge in [-0.1, -0.05) is 0 Å². The summed E-state index contributed by atoms with van der Waals surface area (Å²) in [5.74, 6) is 0. The fourth-order valence-electron chi connectivity index (χ4n) is 0. The van der Waals surface area contributed by atoms with Gasteiger partial charge in [0.1, 0.15) is 0 Å². The molecule has 26 valence electrons. The molecule has 0 aromatic carbocycles. The molecule has 0 aliphatic carbocycles. The average molecular weight is 86.0 g/mol. The molecule has 0 aromatic heterocycles. The minimum absolute atomic E-state index is 0. The summed E-state index contributed by atoms with van der Waals surface area (Å²) in [5, 5.41) is 0. The maximum atomic E-state index is 0. The Morgan fingerprint density at radius 2 is 0.800 bits per heavy atom. The Bertz CT molecular complexity index is 10.8. The van der Waals surface area contributed by atoms with Crippen molar-refractivity contribution in [1.29, 1.82) is 0 Å². The van der Waals surface area contributed by atoms with E-state index < -0.39 is 0 Å². The van der Waals surface area contributed by atoms with Gasteiger partial charge in [-0.15, -0.1) is 0 Å². The zero-order valence-electron chi connectivity index (χ0n) is 3.92. The molecule has 0 fully saturated rings. The predicted molar refractivity (Wildman–Crippen MR) is 12.7 cm³/mol. The predicted octanol–water partition coefficient (Wildman–Crippen LogP) is -3.79. The SMILES string of the molecule is [Al+3].[H-].[Li+].[OH-].[OH-].[OH-]. The van der Waals surface area contributed by atoms with E-state index in [1.807, 2.05) is 0 Å². The van der Waals surface area contributed by atoms with Gasteiger partial charge in [-0.2, -0.15) is 0 Å². The van der Waals surface area contributed by atoms with Crippen molar-refractivity contribution in [3.8, 4) is 0 Å². The van der Waals surface area contributed by atoms with E-state index >= 15 is 0 Å². The largest absolute Gasteiger partial charge is 3.00 e. The summed E-state index contributed by atoms with van der Waals surface area (Å²) < 4.78 is 0. The number of hydrogen-bond donors (Lipinski definition) is 0. The van der Waals surface area contributed by atoms with Gasteiger partial charge in [0.25, 0.3) is 0 Å². The summed E-state index contributed by atoms with van der Waals surface area (Å²) in [6, 6.07) is 0. The monoisotopic (exact) mass is 86.0 g/mol. The first-order valence-electron chi connectivity index (χ1n) is 0. The Hall–Kier alpha value is 1.01. The average Bonchev–Trinajstić information content (AvgIpc) is 0. The van der Waals surface area contributed by atoms with Gasteiger partial charge in [0.05, 0.1) is 0 Å². The van der Waals surface area contributed by atoms with Crippen LogP contribution in [0.2, 0.25) is 0 Å². The topological polar surface area (TPSA) is 90.0 Å². The molecule has 0 aliphatic heterocycles. The standard InChI is InChI=1S/Al.Li.3H2O.H/h;;3*1H2;/q+3;+1;;;;-1/p-3. The Morgan fingerprint density at radius 1 is 0.800 bits per heavy atom. The second kappa shape index (κ2) is 79.0. The van der Waals surface area contributed by atoms with Crippen LogP contribution in [0.25, 0.3) is 0 Å². The fourth-order valence-corrected chi connectivity index (χ4v) is 0. The minimum Gasteiger partial charge on any atom is -1.00 e. The summed E-state index contributed by atoms with van der Waals surface area (Å²) in [5.41, 5.74) is 0. The van der Waals surface area contributed by atoms with Crippen LogP contribution in [0.1, 0.15) is 1.43 Å². The van der Waals surface area contributed by atoms with Crippen LogP contribution in [0.4, 0.5) is 0 Å². The van der Waals surface area contributed by atoms with E-state index in [2.05, 4.69) is 0 Å². The first-order valence-corrected chi connectivity index (χ1v) is 0. The Labute approximate surface area is 54.5 Å². The van der Waals surface area contributed by atoms with E-state index in [0.29, 0.717) is 0 Å². The molecule has 0 spiro atoms. The molecule has 0 saturated carbocycles. The van der Waals surface area contributed by atoms with Gasteiger partial charge in [0, 0.05) is 0 Å². The van der Waals surface area contributed by atoms with Gasteiger partial charge < -0.3 is 17.9 Å². The van der Waals surface area contributed by atoms with Crippen LogP contribution in [0.5, 0.6) is 0 Å². The molecular weight excluding hydrogens is 81.9 g/mol. The third-order valence-corrected chi connectivity index (χ3v) is 0. The van der Waals surface area contributed by atoms with Crippen molar-refractivity contribution in [1.82, 2.24) is 0 Å². The van der Waals surface area contributed by atoms with Gasteiger partial charge >= 0.3 is 36.2 Å². The summed E-state index contributed by atoms with van der Waals surface area (Å²) in [6.07, 6.45) is 0. The maximum absolute atomic E-state index is 0. The molecule has 0 aromatic rings. The van der Waals surface area contributed by atoms with Crippen LogP contribution >= 0.6 is 0 Å². The molecule has 3 N–H and O–H groups in total. The molecule has 0 aliphatic rings. The molecular formula is H4AlLiO3. The Kier molecular flexibility index (Phi) is 2340. The smallest absolute Gasteiger partial charge is 1.00 e. The fraction of sp³-hybridized carbons (Fsp3) is 0. The van der Waals surface area contributed by atoms with Crippen molar-refractivity contribution in [2.45, 2.75) is 0 Å². The van der Waals surface area contributed by atoms with E-state index in [1.54, 1.807) is 0 Å². The van der Waals surface area contributed by atoms with E-state index in [0.717, 1.165) is 0 Å². The molecule has 5 heteroatoms. The third-order valence-electron chi connectivity index (χ3n) is 0. The molecule has 0 radical (unpaired) electrons. The van der Waals surface area contributed by atoms with Crippen LogP contribution < -0.4 is 18.9 Å². The van der Waals surface area contributed by atoms with Gasteiger partial charge in [-0.3, -0.25) is 0 Å². The van der Waals surface area contributed by atoms with E-state index in [4.69, 9.17) is 0 Å². The van der Waals surface area contributed by atoms with Crippen molar-refractivity contribution in [3.63, 3.8) is 0 Å². The van der Waals surface area contributed by atoms with Crippen molar-refractivity contribution in [2.24, 2.45) is 0 Å². The molecule has 0 saturated heterocycles. The van der Waals surface area contributed by atoms with Crippen molar-refractivity contribution < 1.29 is 36.7 Å². The molecule has 3 nitrogen and oxygen atoms in total. The van der Waals surface area contributed by atoms with Gasteiger partial charge in [0.15, 0.2) is 0 Å². The van der Waals surface area contributed by atoms with Crippen LogP contribution in [0.15, 0.2) is 0 Å². The van der Waals surface area contributed by atoms with E-state index in [9.17, 15) is 0 Å². The van der Waals surface area contributed by atoms with Crippen LogP contribution in [0.3, 0.4) is 0 Å². The van der Waals surface area contributed by atoms with Crippen molar-refractivity contribution >= 4 is 17.4 Å².